The first-order valence-corrected chi connectivity index (χ1v) is 8.32. The summed E-state index contributed by atoms with van der Waals surface area (Å²) in [6.07, 6.45) is 6.26. The Bertz CT molecular complexity index is 506. The van der Waals surface area contributed by atoms with Crippen LogP contribution in [0, 0.1) is 5.92 Å². The highest BCUT2D eigenvalue weighted by Crippen LogP contribution is 2.27. The molecule has 3 rings (SSSR count). The maximum absolute atomic E-state index is 12.3. The predicted octanol–water partition coefficient (Wildman–Crippen LogP) is 2.86. The van der Waals surface area contributed by atoms with Gasteiger partial charge in [-0.2, -0.15) is 0 Å². The first-order chi connectivity index (χ1) is 10.2. The highest BCUT2D eigenvalue weighted by atomic mass is 35.5. The number of benzene rings is 1. The topological polar surface area (TPSA) is 41.1 Å². The van der Waals surface area contributed by atoms with E-state index < -0.39 is 0 Å². The molecule has 0 aromatic heterocycles. The van der Waals surface area contributed by atoms with Crippen molar-refractivity contribution in [3.63, 3.8) is 0 Å². The molecule has 0 spiro atoms. The summed E-state index contributed by atoms with van der Waals surface area (Å²) in [5.74, 6) is 0.742. The zero-order valence-electron chi connectivity index (χ0n) is 13.3. The molecule has 22 heavy (non-hydrogen) atoms. The van der Waals surface area contributed by atoms with Crippen LogP contribution >= 0.6 is 12.4 Å². The zero-order valence-corrected chi connectivity index (χ0v) is 14.1. The van der Waals surface area contributed by atoms with Crippen LogP contribution in [0.4, 0.5) is 0 Å². The number of hydrogen-bond acceptors (Lipinski definition) is 2. The summed E-state index contributed by atoms with van der Waals surface area (Å²) in [7, 11) is 0. The Kier molecular flexibility index (Phi) is 6.27. The van der Waals surface area contributed by atoms with Gasteiger partial charge in [0.2, 0.25) is 5.91 Å². The Morgan fingerprint density at radius 3 is 2.82 bits per heavy atom. The van der Waals surface area contributed by atoms with E-state index in [1.54, 1.807) is 0 Å². The first-order valence-electron chi connectivity index (χ1n) is 8.32. The van der Waals surface area contributed by atoms with Crippen molar-refractivity contribution in [2.75, 3.05) is 6.54 Å². The fourth-order valence-corrected chi connectivity index (χ4v) is 3.72. The van der Waals surface area contributed by atoms with Crippen LogP contribution in [0.5, 0.6) is 0 Å². The molecule has 1 saturated heterocycles. The SMILES string of the molecule is CC1NCCCC1NC(=O)CC1CCc2ccccc2C1.Cl. The molecular weight excluding hydrogens is 296 g/mol. The Morgan fingerprint density at radius 1 is 1.27 bits per heavy atom. The molecular formula is C18H27ClN2O. The van der Waals surface area contributed by atoms with E-state index in [4.69, 9.17) is 0 Å². The highest BCUT2D eigenvalue weighted by Gasteiger charge is 2.25. The van der Waals surface area contributed by atoms with Gasteiger partial charge in [-0.15, -0.1) is 12.4 Å². The predicted molar refractivity (Wildman–Crippen MR) is 92.5 cm³/mol. The fourth-order valence-electron chi connectivity index (χ4n) is 3.72. The van der Waals surface area contributed by atoms with E-state index in [0.717, 1.165) is 38.6 Å². The molecule has 122 valence electrons. The van der Waals surface area contributed by atoms with E-state index in [9.17, 15) is 4.79 Å². The van der Waals surface area contributed by atoms with Gasteiger partial charge in [-0.25, -0.2) is 0 Å². The average molecular weight is 323 g/mol. The van der Waals surface area contributed by atoms with Crippen LogP contribution in [0.1, 0.15) is 43.7 Å². The molecule has 1 aromatic carbocycles. The van der Waals surface area contributed by atoms with Crippen molar-refractivity contribution < 1.29 is 4.79 Å². The van der Waals surface area contributed by atoms with E-state index in [1.807, 2.05) is 0 Å². The molecule has 1 heterocycles. The first kappa shape index (κ1) is 17.3. The van der Waals surface area contributed by atoms with E-state index in [-0.39, 0.29) is 18.3 Å². The number of rotatable bonds is 3. The maximum atomic E-state index is 12.3. The molecule has 2 N–H and O–H groups in total. The number of hydrogen-bond donors (Lipinski definition) is 2. The summed E-state index contributed by atoms with van der Waals surface area (Å²) in [5, 5.41) is 6.68. The van der Waals surface area contributed by atoms with Gasteiger partial charge in [0.1, 0.15) is 0 Å². The van der Waals surface area contributed by atoms with Gasteiger partial charge in [0.15, 0.2) is 0 Å². The molecule has 0 bridgehead atoms. The Hall–Kier alpha value is -1.06. The summed E-state index contributed by atoms with van der Waals surface area (Å²) in [5.41, 5.74) is 2.91. The van der Waals surface area contributed by atoms with Crippen LogP contribution in [-0.4, -0.2) is 24.5 Å². The Balaban J connectivity index is 0.00000176. The van der Waals surface area contributed by atoms with Crippen molar-refractivity contribution in [1.82, 2.24) is 10.6 Å². The number of carbonyl (C=O) groups is 1. The molecule has 4 heteroatoms. The summed E-state index contributed by atoms with van der Waals surface area (Å²) in [6, 6.07) is 9.37. The van der Waals surface area contributed by atoms with Crippen molar-refractivity contribution in [1.29, 1.82) is 0 Å². The number of nitrogens with one attached hydrogen (secondary N) is 2. The molecule has 1 aromatic rings. The van der Waals surface area contributed by atoms with Gasteiger partial charge >= 0.3 is 0 Å². The lowest BCUT2D eigenvalue weighted by Gasteiger charge is -2.31. The Labute approximate surface area is 139 Å². The van der Waals surface area contributed by atoms with Crippen molar-refractivity contribution in [3.05, 3.63) is 35.4 Å². The van der Waals surface area contributed by atoms with Crippen LogP contribution in [0.3, 0.4) is 0 Å². The van der Waals surface area contributed by atoms with E-state index in [0.29, 0.717) is 24.4 Å². The third-order valence-corrected chi connectivity index (χ3v) is 5.03. The lowest BCUT2D eigenvalue weighted by atomic mass is 9.82. The molecule has 3 atom stereocenters. The minimum Gasteiger partial charge on any atom is -0.352 e. The summed E-state index contributed by atoms with van der Waals surface area (Å²) < 4.78 is 0. The number of carbonyl (C=O) groups excluding carboxylic acids is 1. The van der Waals surface area contributed by atoms with Gasteiger partial charge in [-0.05, 0) is 62.6 Å². The minimum atomic E-state index is 0. The lowest BCUT2D eigenvalue weighted by molar-refractivity contribution is -0.123. The Morgan fingerprint density at radius 2 is 2.05 bits per heavy atom. The normalized spacial score (nSPS) is 27.4. The van der Waals surface area contributed by atoms with Gasteiger partial charge < -0.3 is 10.6 Å². The van der Waals surface area contributed by atoms with Crippen molar-refractivity contribution in [2.45, 2.75) is 57.5 Å². The van der Waals surface area contributed by atoms with Crippen LogP contribution < -0.4 is 10.6 Å². The van der Waals surface area contributed by atoms with E-state index in [1.165, 1.54) is 11.1 Å². The monoisotopic (exact) mass is 322 g/mol. The standard InChI is InChI=1S/C18H26N2O.ClH/c1-13-17(7-4-10-19-13)20-18(21)12-14-8-9-15-5-2-3-6-16(15)11-14;/h2-3,5-6,13-14,17,19H,4,7-12H2,1H3,(H,20,21);1H. The number of aryl methyl sites for hydroxylation is 1. The molecule has 3 unspecified atom stereocenters. The third-order valence-electron chi connectivity index (χ3n) is 5.03. The molecule has 3 nitrogen and oxygen atoms in total. The molecule has 1 fully saturated rings. The number of piperidine rings is 1. The molecule has 1 aliphatic heterocycles. The van der Waals surface area contributed by atoms with Crippen molar-refractivity contribution in [2.24, 2.45) is 5.92 Å². The summed E-state index contributed by atoms with van der Waals surface area (Å²) in [4.78, 5) is 12.3. The van der Waals surface area contributed by atoms with Gasteiger partial charge in [0.25, 0.3) is 0 Å². The second-order valence-corrected chi connectivity index (χ2v) is 6.64. The van der Waals surface area contributed by atoms with Crippen LogP contribution in [0.2, 0.25) is 0 Å². The number of fused-ring (bicyclic) bond motifs is 1. The molecule has 1 amide bonds. The third kappa shape index (κ3) is 4.23. The van der Waals surface area contributed by atoms with Crippen LogP contribution in [-0.2, 0) is 17.6 Å². The summed E-state index contributed by atoms with van der Waals surface area (Å²) in [6.45, 7) is 3.24. The van der Waals surface area contributed by atoms with E-state index >= 15 is 0 Å². The minimum absolute atomic E-state index is 0. The van der Waals surface area contributed by atoms with Gasteiger partial charge in [-0.3, -0.25) is 4.79 Å². The molecule has 0 saturated carbocycles. The lowest BCUT2D eigenvalue weighted by Crippen LogP contribution is -2.52. The molecule has 2 aliphatic rings. The molecule has 0 radical (unpaired) electrons. The van der Waals surface area contributed by atoms with Gasteiger partial charge in [0, 0.05) is 18.5 Å². The second kappa shape index (κ2) is 7.98. The van der Waals surface area contributed by atoms with Crippen molar-refractivity contribution in [3.8, 4) is 0 Å². The maximum Gasteiger partial charge on any atom is 0.220 e. The number of halogens is 1. The van der Waals surface area contributed by atoms with E-state index in [2.05, 4.69) is 41.8 Å². The second-order valence-electron chi connectivity index (χ2n) is 6.64. The number of amides is 1. The van der Waals surface area contributed by atoms with Gasteiger partial charge in [-0.1, -0.05) is 24.3 Å². The fraction of sp³-hybridized carbons (Fsp3) is 0.611. The molecule has 1 aliphatic carbocycles. The summed E-state index contributed by atoms with van der Waals surface area (Å²) >= 11 is 0. The quantitative estimate of drug-likeness (QED) is 0.898. The largest absolute Gasteiger partial charge is 0.352 e. The van der Waals surface area contributed by atoms with Crippen molar-refractivity contribution >= 4 is 18.3 Å². The van der Waals surface area contributed by atoms with Crippen LogP contribution in [0.25, 0.3) is 0 Å². The average Bonchev–Trinajstić information content (AvgIpc) is 2.49. The smallest absolute Gasteiger partial charge is 0.220 e. The highest BCUT2D eigenvalue weighted by molar-refractivity contribution is 5.85. The van der Waals surface area contributed by atoms with Crippen LogP contribution in [0.15, 0.2) is 24.3 Å². The van der Waals surface area contributed by atoms with Gasteiger partial charge in [0.05, 0.1) is 0 Å². The zero-order chi connectivity index (χ0) is 14.7.